The maximum atomic E-state index is 4.38. The van der Waals surface area contributed by atoms with Gasteiger partial charge in [0.05, 0.1) is 0 Å². The van der Waals surface area contributed by atoms with Crippen molar-refractivity contribution < 1.29 is 0 Å². The van der Waals surface area contributed by atoms with Crippen molar-refractivity contribution in [3.63, 3.8) is 0 Å². The summed E-state index contributed by atoms with van der Waals surface area (Å²) in [5.41, 5.74) is 2.63. The average molecular weight is 260 g/mol. The van der Waals surface area contributed by atoms with Crippen molar-refractivity contribution >= 4 is 0 Å². The van der Waals surface area contributed by atoms with E-state index in [2.05, 4.69) is 44.1 Å². The van der Waals surface area contributed by atoms with Crippen molar-refractivity contribution in [2.45, 2.75) is 53.0 Å². The van der Waals surface area contributed by atoms with E-state index in [-0.39, 0.29) is 0 Å². The standard InChI is InChI=1S/C17H28N2/c1-5-19-17(16-8-12(2)10-18-11-16)15-7-6-13(3)14(4)9-15/h8,10-11,13-15,17,19H,5-7,9H2,1-4H3. The first-order chi connectivity index (χ1) is 9.11. The van der Waals surface area contributed by atoms with Crippen LogP contribution in [0.15, 0.2) is 18.5 Å². The molecule has 0 aliphatic heterocycles. The van der Waals surface area contributed by atoms with Crippen molar-refractivity contribution in [2.24, 2.45) is 17.8 Å². The number of pyridine rings is 1. The smallest absolute Gasteiger partial charge is 0.0364 e. The monoisotopic (exact) mass is 260 g/mol. The van der Waals surface area contributed by atoms with Gasteiger partial charge in [0.2, 0.25) is 0 Å². The molecule has 1 aromatic heterocycles. The molecule has 2 rings (SSSR count). The Morgan fingerprint density at radius 1 is 1.26 bits per heavy atom. The van der Waals surface area contributed by atoms with Crippen molar-refractivity contribution in [3.05, 3.63) is 29.6 Å². The normalized spacial score (nSPS) is 29.2. The highest BCUT2D eigenvalue weighted by Crippen LogP contribution is 2.39. The number of hydrogen-bond acceptors (Lipinski definition) is 2. The first-order valence-electron chi connectivity index (χ1n) is 7.76. The zero-order valence-electron chi connectivity index (χ0n) is 12.8. The molecule has 1 fully saturated rings. The summed E-state index contributed by atoms with van der Waals surface area (Å²) in [4.78, 5) is 4.38. The van der Waals surface area contributed by atoms with Gasteiger partial charge < -0.3 is 5.32 Å². The van der Waals surface area contributed by atoms with E-state index in [1.807, 2.05) is 12.4 Å². The van der Waals surface area contributed by atoms with Crippen LogP contribution < -0.4 is 5.32 Å². The van der Waals surface area contributed by atoms with Gasteiger partial charge in [-0.2, -0.15) is 0 Å². The predicted molar refractivity (Wildman–Crippen MR) is 81.1 cm³/mol. The summed E-state index contributed by atoms with van der Waals surface area (Å²) in [7, 11) is 0. The van der Waals surface area contributed by atoms with Gasteiger partial charge in [0, 0.05) is 18.4 Å². The molecule has 0 saturated heterocycles. The second kappa shape index (κ2) is 6.51. The second-order valence-corrected chi connectivity index (χ2v) is 6.36. The van der Waals surface area contributed by atoms with Crippen molar-refractivity contribution in [2.75, 3.05) is 6.54 Å². The SMILES string of the molecule is CCNC(c1cncc(C)c1)C1CCC(C)C(C)C1. The lowest BCUT2D eigenvalue weighted by Crippen LogP contribution is -2.33. The summed E-state index contributed by atoms with van der Waals surface area (Å²) < 4.78 is 0. The van der Waals surface area contributed by atoms with Gasteiger partial charge in [0.1, 0.15) is 0 Å². The van der Waals surface area contributed by atoms with E-state index in [0.717, 1.165) is 24.3 Å². The molecular weight excluding hydrogens is 232 g/mol. The first kappa shape index (κ1) is 14.5. The predicted octanol–water partition coefficient (Wildman–Crippen LogP) is 4.11. The van der Waals surface area contributed by atoms with Crippen LogP contribution >= 0.6 is 0 Å². The molecular formula is C17H28N2. The Hall–Kier alpha value is -0.890. The second-order valence-electron chi connectivity index (χ2n) is 6.36. The van der Waals surface area contributed by atoms with Crippen LogP contribution in [0.1, 0.15) is 57.2 Å². The molecule has 0 aromatic carbocycles. The molecule has 2 nitrogen and oxygen atoms in total. The number of rotatable bonds is 4. The number of aryl methyl sites for hydroxylation is 1. The molecule has 4 atom stereocenters. The number of nitrogens with zero attached hydrogens (tertiary/aromatic N) is 1. The van der Waals surface area contributed by atoms with Crippen LogP contribution in [0, 0.1) is 24.7 Å². The zero-order chi connectivity index (χ0) is 13.8. The molecule has 106 valence electrons. The third-order valence-electron chi connectivity index (χ3n) is 4.79. The fourth-order valence-electron chi connectivity index (χ4n) is 3.42. The van der Waals surface area contributed by atoms with E-state index in [0.29, 0.717) is 6.04 Å². The van der Waals surface area contributed by atoms with E-state index < -0.39 is 0 Å². The van der Waals surface area contributed by atoms with E-state index in [1.54, 1.807) is 0 Å². The Balaban J connectivity index is 2.16. The average Bonchev–Trinajstić information content (AvgIpc) is 2.39. The Kier molecular flexibility index (Phi) is 4.98. The third-order valence-corrected chi connectivity index (χ3v) is 4.79. The topological polar surface area (TPSA) is 24.9 Å². The van der Waals surface area contributed by atoms with Crippen LogP contribution in [0.5, 0.6) is 0 Å². The molecule has 1 N–H and O–H groups in total. The summed E-state index contributed by atoms with van der Waals surface area (Å²) in [6.45, 7) is 10.2. The molecule has 1 aliphatic carbocycles. The Bertz CT molecular complexity index is 402. The van der Waals surface area contributed by atoms with Crippen LogP contribution in [0.3, 0.4) is 0 Å². The van der Waals surface area contributed by atoms with Gasteiger partial charge in [0.25, 0.3) is 0 Å². The Morgan fingerprint density at radius 3 is 2.68 bits per heavy atom. The summed E-state index contributed by atoms with van der Waals surface area (Å²) in [5.74, 6) is 2.49. The summed E-state index contributed by atoms with van der Waals surface area (Å²) >= 11 is 0. The van der Waals surface area contributed by atoms with Crippen molar-refractivity contribution in [1.82, 2.24) is 10.3 Å². The Morgan fingerprint density at radius 2 is 2.05 bits per heavy atom. The van der Waals surface area contributed by atoms with E-state index in [1.165, 1.54) is 30.4 Å². The molecule has 1 aromatic rings. The molecule has 4 unspecified atom stereocenters. The molecule has 19 heavy (non-hydrogen) atoms. The minimum Gasteiger partial charge on any atom is -0.310 e. The zero-order valence-corrected chi connectivity index (χ0v) is 12.8. The molecule has 0 spiro atoms. The van der Waals surface area contributed by atoms with Gasteiger partial charge in [-0.15, -0.1) is 0 Å². The van der Waals surface area contributed by atoms with Crippen LogP contribution in [-0.4, -0.2) is 11.5 Å². The molecule has 1 heterocycles. The number of hydrogen-bond donors (Lipinski definition) is 1. The summed E-state index contributed by atoms with van der Waals surface area (Å²) in [5, 5.41) is 3.69. The maximum absolute atomic E-state index is 4.38. The van der Waals surface area contributed by atoms with Crippen LogP contribution in [0.4, 0.5) is 0 Å². The van der Waals surface area contributed by atoms with Crippen LogP contribution in [0.2, 0.25) is 0 Å². The highest BCUT2D eigenvalue weighted by molar-refractivity contribution is 5.21. The van der Waals surface area contributed by atoms with Gasteiger partial charge in [-0.3, -0.25) is 4.98 Å². The van der Waals surface area contributed by atoms with Crippen LogP contribution in [0.25, 0.3) is 0 Å². The minimum atomic E-state index is 0.479. The lowest BCUT2D eigenvalue weighted by Gasteiger charge is -2.37. The third kappa shape index (κ3) is 3.56. The van der Waals surface area contributed by atoms with Crippen LogP contribution in [-0.2, 0) is 0 Å². The fourth-order valence-corrected chi connectivity index (χ4v) is 3.42. The lowest BCUT2D eigenvalue weighted by molar-refractivity contribution is 0.172. The molecule has 0 amide bonds. The lowest BCUT2D eigenvalue weighted by atomic mass is 9.72. The summed E-state index contributed by atoms with van der Waals surface area (Å²) in [6.07, 6.45) is 8.04. The first-order valence-corrected chi connectivity index (χ1v) is 7.76. The van der Waals surface area contributed by atoms with E-state index >= 15 is 0 Å². The van der Waals surface area contributed by atoms with Crippen molar-refractivity contribution in [1.29, 1.82) is 0 Å². The number of aromatic nitrogens is 1. The van der Waals surface area contributed by atoms with Gasteiger partial charge in [-0.1, -0.05) is 33.3 Å². The highest BCUT2D eigenvalue weighted by atomic mass is 14.9. The maximum Gasteiger partial charge on any atom is 0.0364 e. The minimum absolute atomic E-state index is 0.479. The van der Waals surface area contributed by atoms with E-state index in [9.17, 15) is 0 Å². The molecule has 1 aliphatic rings. The fraction of sp³-hybridized carbons (Fsp3) is 0.706. The number of nitrogens with one attached hydrogen (secondary N) is 1. The van der Waals surface area contributed by atoms with Gasteiger partial charge in [-0.25, -0.2) is 0 Å². The molecule has 0 bridgehead atoms. The molecule has 1 saturated carbocycles. The summed E-state index contributed by atoms with van der Waals surface area (Å²) in [6, 6.07) is 2.77. The quantitative estimate of drug-likeness (QED) is 0.881. The highest BCUT2D eigenvalue weighted by Gasteiger charge is 2.30. The molecule has 2 heteroatoms. The Labute approximate surface area is 118 Å². The van der Waals surface area contributed by atoms with Gasteiger partial charge >= 0.3 is 0 Å². The van der Waals surface area contributed by atoms with Crippen molar-refractivity contribution in [3.8, 4) is 0 Å². The largest absolute Gasteiger partial charge is 0.310 e. The molecule has 0 radical (unpaired) electrons. The van der Waals surface area contributed by atoms with Gasteiger partial charge in [0.15, 0.2) is 0 Å². The van der Waals surface area contributed by atoms with E-state index in [4.69, 9.17) is 0 Å². The van der Waals surface area contributed by atoms with Gasteiger partial charge in [-0.05, 0) is 55.2 Å².